The van der Waals surface area contributed by atoms with E-state index in [1.54, 1.807) is 6.07 Å². The molecule has 1 aliphatic rings. The van der Waals surface area contributed by atoms with E-state index in [0.717, 1.165) is 30.9 Å². The summed E-state index contributed by atoms with van der Waals surface area (Å²) in [6, 6.07) is 5.72. The number of rotatable bonds is 2. The molecule has 0 aromatic heterocycles. The molecular weight excluding hydrogens is 305 g/mol. The standard InChI is InChI=1S/C14H16BrF3/c15-13-7-2-1-5-11(13)8-10-4-3-6-12(9-10)14(16,17)18/h3-4,6,9,11,13H,1-2,5,7-8H2. The Hall–Kier alpha value is -0.510. The third kappa shape index (κ3) is 3.50. The molecule has 0 saturated heterocycles. The Balaban J connectivity index is 2.09. The smallest absolute Gasteiger partial charge is 0.166 e. The summed E-state index contributed by atoms with van der Waals surface area (Å²) in [5, 5.41) is 0. The van der Waals surface area contributed by atoms with E-state index in [2.05, 4.69) is 15.9 Å². The van der Waals surface area contributed by atoms with E-state index in [-0.39, 0.29) is 0 Å². The summed E-state index contributed by atoms with van der Waals surface area (Å²) in [4.78, 5) is 0.445. The van der Waals surface area contributed by atoms with Crippen molar-refractivity contribution in [3.8, 4) is 0 Å². The van der Waals surface area contributed by atoms with Crippen LogP contribution in [0.2, 0.25) is 0 Å². The average Bonchev–Trinajstić information content (AvgIpc) is 2.31. The van der Waals surface area contributed by atoms with Crippen molar-refractivity contribution in [1.29, 1.82) is 0 Å². The van der Waals surface area contributed by atoms with Crippen LogP contribution in [0.4, 0.5) is 13.2 Å². The SMILES string of the molecule is FC(F)(F)c1cccc(CC2CCCCC2Br)c1. The van der Waals surface area contributed by atoms with Crippen molar-refractivity contribution in [3.63, 3.8) is 0 Å². The molecule has 1 aliphatic carbocycles. The molecule has 1 fully saturated rings. The predicted octanol–water partition coefficient (Wildman–Crippen LogP) is 5.20. The van der Waals surface area contributed by atoms with Gasteiger partial charge in [-0.25, -0.2) is 0 Å². The van der Waals surface area contributed by atoms with Gasteiger partial charge in [-0.15, -0.1) is 0 Å². The van der Waals surface area contributed by atoms with Gasteiger partial charge < -0.3 is 0 Å². The Morgan fingerprint density at radius 2 is 1.89 bits per heavy atom. The lowest BCUT2D eigenvalue weighted by molar-refractivity contribution is -0.137. The van der Waals surface area contributed by atoms with Gasteiger partial charge in [0.2, 0.25) is 0 Å². The van der Waals surface area contributed by atoms with Crippen LogP contribution in [0.25, 0.3) is 0 Å². The van der Waals surface area contributed by atoms with Crippen molar-refractivity contribution in [3.05, 3.63) is 35.4 Å². The van der Waals surface area contributed by atoms with Gasteiger partial charge in [0.25, 0.3) is 0 Å². The minimum absolute atomic E-state index is 0.445. The van der Waals surface area contributed by atoms with Gasteiger partial charge in [0.15, 0.2) is 0 Å². The van der Waals surface area contributed by atoms with E-state index < -0.39 is 11.7 Å². The molecule has 4 heteroatoms. The number of halogens is 4. The average molecular weight is 321 g/mol. The third-order valence-electron chi connectivity index (χ3n) is 3.57. The summed E-state index contributed by atoms with van der Waals surface area (Å²) in [5.74, 6) is 0.460. The normalized spacial score (nSPS) is 25.1. The van der Waals surface area contributed by atoms with Gasteiger partial charge in [-0.05, 0) is 36.8 Å². The second-order valence-electron chi connectivity index (χ2n) is 4.96. The molecule has 0 aliphatic heterocycles. The number of benzene rings is 1. The van der Waals surface area contributed by atoms with Crippen LogP contribution in [0.1, 0.15) is 36.8 Å². The van der Waals surface area contributed by atoms with Gasteiger partial charge in [0.05, 0.1) is 5.56 Å². The molecule has 0 heterocycles. The van der Waals surface area contributed by atoms with Crippen molar-refractivity contribution in [2.75, 3.05) is 0 Å². The largest absolute Gasteiger partial charge is 0.416 e. The highest BCUT2D eigenvalue weighted by Gasteiger charge is 2.31. The van der Waals surface area contributed by atoms with Crippen molar-refractivity contribution in [2.45, 2.75) is 43.1 Å². The lowest BCUT2D eigenvalue weighted by atomic mass is 9.84. The lowest BCUT2D eigenvalue weighted by Gasteiger charge is -2.27. The van der Waals surface area contributed by atoms with E-state index in [1.807, 2.05) is 0 Å². The fourth-order valence-electron chi connectivity index (χ4n) is 2.57. The molecule has 0 radical (unpaired) electrons. The summed E-state index contributed by atoms with van der Waals surface area (Å²) >= 11 is 3.65. The highest BCUT2D eigenvalue weighted by molar-refractivity contribution is 9.09. The van der Waals surface area contributed by atoms with Crippen LogP contribution in [0.3, 0.4) is 0 Å². The zero-order chi connectivity index (χ0) is 13.2. The first-order valence-corrected chi connectivity index (χ1v) is 7.18. The quantitative estimate of drug-likeness (QED) is 0.657. The molecule has 100 valence electrons. The Labute approximate surface area is 114 Å². The summed E-state index contributed by atoms with van der Waals surface area (Å²) < 4.78 is 37.8. The molecule has 2 rings (SSSR count). The van der Waals surface area contributed by atoms with Gasteiger partial charge in [-0.2, -0.15) is 13.2 Å². The minimum atomic E-state index is -4.24. The third-order valence-corrected chi connectivity index (χ3v) is 4.77. The molecule has 0 spiro atoms. The second-order valence-corrected chi connectivity index (χ2v) is 6.14. The summed E-state index contributed by atoms with van der Waals surface area (Å²) in [7, 11) is 0. The number of alkyl halides is 4. The van der Waals surface area contributed by atoms with Gasteiger partial charge in [0.1, 0.15) is 0 Å². The molecular formula is C14H16BrF3. The zero-order valence-electron chi connectivity index (χ0n) is 10.0. The molecule has 18 heavy (non-hydrogen) atoms. The van der Waals surface area contributed by atoms with E-state index >= 15 is 0 Å². The van der Waals surface area contributed by atoms with Gasteiger partial charge in [-0.3, -0.25) is 0 Å². The van der Waals surface area contributed by atoms with Gasteiger partial charge >= 0.3 is 6.18 Å². The summed E-state index contributed by atoms with van der Waals surface area (Å²) in [6.07, 6.45) is 1.13. The molecule has 1 aromatic carbocycles. The highest BCUT2D eigenvalue weighted by atomic mass is 79.9. The first-order chi connectivity index (χ1) is 8.47. The maximum absolute atomic E-state index is 12.6. The molecule has 2 atom stereocenters. The molecule has 0 nitrogen and oxygen atoms in total. The Morgan fingerprint density at radius 3 is 2.56 bits per heavy atom. The second kappa shape index (κ2) is 5.64. The van der Waals surface area contributed by atoms with Crippen LogP contribution in [0.5, 0.6) is 0 Å². The first kappa shape index (κ1) is 13.9. The minimum Gasteiger partial charge on any atom is -0.166 e. The molecule has 0 N–H and O–H groups in total. The molecule has 1 aromatic rings. The lowest BCUT2D eigenvalue weighted by Crippen LogP contribution is -2.21. The van der Waals surface area contributed by atoms with Crippen molar-refractivity contribution in [2.24, 2.45) is 5.92 Å². The summed E-state index contributed by atoms with van der Waals surface area (Å²) in [6.45, 7) is 0. The Kier molecular flexibility index (Phi) is 4.36. The highest BCUT2D eigenvalue weighted by Crippen LogP contribution is 2.34. The van der Waals surface area contributed by atoms with Crippen LogP contribution in [0, 0.1) is 5.92 Å². The number of hydrogen-bond donors (Lipinski definition) is 0. The Bertz CT molecular complexity index is 400. The van der Waals surface area contributed by atoms with Crippen molar-refractivity contribution < 1.29 is 13.2 Å². The van der Waals surface area contributed by atoms with E-state index in [0.29, 0.717) is 10.7 Å². The van der Waals surface area contributed by atoms with Crippen LogP contribution in [-0.4, -0.2) is 4.83 Å². The maximum Gasteiger partial charge on any atom is 0.416 e. The molecule has 0 bridgehead atoms. The topological polar surface area (TPSA) is 0 Å². The van der Waals surface area contributed by atoms with Crippen molar-refractivity contribution >= 4 is 15.9 Å². The van der Waals surface area contributed by atoms with Crippen LogP contribution < -0.4 is 0 Å². The zero-order valence-corrected chi connectivity index (χ0v) is 11.6. The maximum atomic E-state index is 12.6. The summed E-state index contributed by atoms with van der Waals surface area (Å²) in [5.41, 5.74) is 0.253. The fourth-order valence-corrected chi connectivity index (χ4v) is 3.34. The van der Waals surface area contributed by atoms with Crippen LogP contribution in [0.15, 0.2) is 24.3 Å². The molecule has 1 saturated carbocycles. The van der Waals surface area contributed by atoms with Gasteiger partial charge in [-0.1, -0.05) is 47.0 Å². The predicted molar refractivity (Wildman–Crippen MR) is 69.8 cm³/mol. The fraction of sp³-hybridized carbons (Fsp3) is 0.571. The van der Waals surface area contributed by atoms with Crippen molar-refractivity contribution in [1.82, 2.24) is 0 Å². The number of hydrogen-bond acceptors (Lipinski definition) is 0. The van der Waals surface area contributed by atoms with Crippen LogP contribution in [-0.2, 0) is 12.6 Å². The Morgan fingerprint density at radius 1 is 1.17 bits per heavy atom. The monoisotopic (exact) mass is 320 g/mol. The van der Waals surface area contributed by atoms with E-state index in [9.17, 15) is 13.2 Å². The first-order valence-electron chi connectivity index (χ1n) is 6.27. The molecule has 2 unspecified atom stereocenters. The van der Waals surface area contributed by atoms with Crippen LogP contribution >= 0.6 is 15.9 Å². The van der Waals surface area contributed by atoms with E-state index in [1.165, 1.54) is 25.0 Å². The molecule has 0 amide bonds. The van der Waals surface area contributed by atoms with Gasteiger partial charge in [0, 0.05) is 4.83 Å². The van der Waals surface area contributed by atoms with E-state index in [4.69, 9.17) is 0 Å².